The normalized spacial score (nSPS) is 13.0. The van der Waals surface area contributed by atoms with Gasteiger partial charge in [-0.1, -0.05) is 103 Å². The lowest BCUT2D eigenvalue weighted by atomic mass is 9.66. The predicted molar refractivity (Wildman–Crippen MR) is 324 cm³/mol. The Labute approximate surface area is 467 Å². The van der Waals surface area contributed by atoms with E-state index >= 15 is 0 Å². The van der Waals surface area contributed by atoms with E-state index in [1.165, 1.54) is 10.8 Å². The molecule has 82 heavy (non-hydrogen) atoms. The van der Waals surface area contributed by atoms with Crippen molar-refractivity contribution in [2.45, 2.75) is 5.41 Å². The summed E-state index contributed by atoms with van der Waals surface area (Å²) in [6.07, 6.45) is 7.73. The Morgan fingerprint density at radius 1 is 0.329 bits per heavy atom. The third-order valence-electron chi connectivity index (χ3n) is 17.4. The van der Waals surface area contributed by atoms with Gasteiger partial charge in [-0.05, 0) is 97.1 Å². The average Bonchev–Trinajstić information content (AvgIpc) is 1.59. The van der Waals surface area contributed by atoms with Crippen LogP contribution in [0.15, 0.2) is 237 Å². The first-order valence-corrected chi connectivity index (χ1v) is 27.3. The van der Waals surface area contributed by atoms with Crippen molar-refractivity contribution in [3.63, 3.8) is 0 Å². The minimum absolute atomic E-state index is 0.597. The maximum Gasteiger partial charge on any atom is 0.134 e. The van der Waals surface area contributed by atoms with Crippen LogP contribution in [0.4, 0.5) is 0 Å². The first-order valence-electron chi connectivity index (χ1n) is 27.3. The number of nitriles is 2. The third-order valence-corrected chi connectivity index (χ3v) is 17.4. The molecule has 0 atom stereocenters. The van der Waals surface area contributed by atoms with Gasteiger partial charge in [0.15, 0.2) is 0 Å². The SMILES string of the molecule is N#Cc1ccc2c(c1)c1ccccc1n2-c1cnc2c(c1)C1(c3ccc(-n4c5ccccc5c5ccccc54)cc3Oc3cc(-n4c5ccccc5c5ccncc54)ccc31)c1cc(-n3c4ccccc4c4cc(C#N)ccc43)cnc1-2. The summed E-state index contributed by atoms with van der Waals surface area (Å²) >= 11 is 0. The highest BCUT2D eigenvalue weighted by atomic mass is 16.5. The molecule has 10 nitrogen and oxygen atoms in total. The molecule has 8 heterocycles. The second-order valence-electron chi connectivity index (χ2n) is 21.4. The molecule has 18 rings (SSSR count). The van der Waals surface area contributed by atoms with Gasteiger partial charge in [-0.2, -0.15) is 10.5 Å². The van der Waals surface area contributed by atoms with Crippen molar-refractivity contribution < 1.29 is 4.74 Å². The van der Waals surface area contributed by atoms with Crippen LogP contribution in [-0.4, -0.2) is 33.2 Å². The molecule has 0 N–H and O–H groups in total. The Balaban J connectivity index is 0.969. The Morgan fingerprint density at radius 3 is 1.15 bits per heavy atom. The highest BCUT2D eigenvalue weighted by Gasteiger charge is 2.53. The van der Waals surface area contributed by atoms with E-state index in [4.69, 9.17) is 14.7 Å². The number of hydrogen-bond donors (Lipinski definition) is 0. The highest BCUT2D eigenvalue weighted by Crippen LogP contribution is 2.63. The Kier molecular flexibility index (Phi) is 8.80. The van der Waals surface area contributed by atoms with Crippen molar-refractivity contribution in [1.82, 2.24) is 33.2 Å². The summed E-state index contributed by atoms with van der Waals surface area (Å²) in [6.45, 7) is 0. The third kappa shape index (κ3) is 5.76. The number of para-hydroxylation sites is 5. The van der Waals surface area contributed by atoms with Crippen molar-refractivity contribution in [2.24, 2.45) is 0 Å². The van der Waals surface area contributed by atoms with Gasteiger partial charge < -0.3 is 23.0 Å². The zero-order valence-electron chi connectivity index (χ0n) is 43.4. The van der Waals surface area contributed by atoms with E-state index < -0.39 is 5.41 Å². The van der Waals surface area contributed by atoms with Crippen LogP contribution >= 0.6 is 0 Å². The molecule has 0 bridgehead atoms. The molecular formula is C72H39N9O. The molecule has 0 saturated carbocycles. The predicted octanol–water partition coefficient (Wildman–Crippen LogP) is 16.5. The summed E-state index contributed by atoms with van der Waals surface area (Å²) < 4.78 is 16.7. The zero-order valence-corrected chi connectivity index (χ0v) is 43.4. The molecule has 10 heteroatoms. The number of fused-ring (bicyclic) bond motifs is 21. The van der Waals surface area contributed by atoms with Gasteiger partial charge in [0, 0.05) is 95.0 Å². The van der Waals surface area contributed by atoms with Crippen molar-refractivity contribution >= 4 is 87.2 Å². The molecule has 0 radical (unpaired) electrons. The van der Waals surface area contributed by atoms with Crippen LogP contribution in [0.2, 0.25) is 0 Å². The summed E-state index contributed by atoms with van der Waals surface area (Å²) in [5.41, 5.74) is 17.2. The monoisotopic (exact) mass is 1050 g/mol. The van der Waals surface area contributed by atoms with Gasteiger partial charge in [0.2, 0.25) is 0 Å². The van der Waals surface area contributed by atoms with Crippen LogP contribution in [-0.2, 0) is 5.41 Å². The minimum Gasteiger partial charge on any atom is -0.457 e. The smallest absolute Gasteiger partial charge is 0.134 e. The highest BCUT2D eigenvalue weighted by molar-refractivity contribution is 6.13. The lowest BCUT2D eigenvalue weighted by molar-refractivity contribution is 0.436. The number of pyridine rings is 3. The first-order chi connectivity index (χ1) is 40.6. The van der Waals surface area contributed by atoms with E-state index in [0.29, 0.717) is 22.6 Å². The Hall–Kier alpha value is -11.6. The fourth-order valence-corrected chi connectivity index (χ4v) is 14.1. The maximum atomic E-state index is 10.1. The first kappa shape index (κ1) is 44.4. The molecule has 0 amide bonds. The largest absolute Gasteiger partial charge is 0.457 e. The molecule has 1 spiro atoms. The summed E-state index contributed by atoms with van der Waals surface area (Å²) in [4.78, 5) is 15.7. The molecule has 16 aromatic rings. The van der Waals surface area contributed by atoms with Crippen LogP contribution in [0.5, 0.6) is 11.5 Å². The van der Waals surface area contributed by atoms with Crippen LogP contribution in [0.25, 0.3) is 121 Å². The van der Waals surface area contributed by atoms with E-state index in [1.807, 2.05) is 73.3 Å². The van der Waals surface area contributed by atoms with E-state index in [1.54, 1.807) is 0 Å². The van der Waals surface area contributed by atoms with E-state index in [0.717, 1.165) is 133 Å². The van der Waals surface area contributed by atoms with E-state index in [9.17, 15) is 10.5 Å². The number of rotatable bonds is 4. The second kappa shape index (κ2) is 16.2. The van der Waals surface area contributed by atoms with Gasteiger partial charge in [0.05, 0.1) is 114 Å². The van der Waals surface area contributed by atoms with Crippen molar-refractivity contribution in [2.75, 3.05) is 0 Å². The van der Waals surface area contributed by atoms with Gasteiger partial charge >= 0.3 is 0 Å². The van der Waals surface area contributed by atoms with Gasteiger partial charge in [0.25, 0.3) is 0 Å². The quantitative estimate of drug-likeness (QED) is 0.173. The van der Waals surface area contributed by atoms with Crippen molar-refractivity contribution in [3.05, 3.63) is 270 Å². The van der Waals surface area contributed by atoms with Gasteiger partial charge in [0.1, 0.15) is 11.5 Å². The van der Waals surface area contributed by atoms with Gasteiger partial charge in [-0.3, -0.25) is 15.0 Å². The molecule has 9 aromatic carbocycles. The molecule has 2 aliphatic rings. The summed E-state index contributed by atoms with van der Waals surface area (Å²) in [7, 11) is 0. The number of aromatic nitrogens is 7. The van der Waals surface area contributed by atoms with Crippen LogP contribution in [0.3, 0.4) is 0 Å². The summed E-state index contributed by atoms with van der Waals surface area (Å²) in [5.74, 6) is 1.39. The van der Waals surface area contributed by atoms with Crippen molar-refractivity contribution in [1.29, 1.82) is 10.5 Å². The molecule has 7 aromatic heterocycles. The molecule has 0 unspecified atom stereocenters. The number of hydrogen-bond acceptors (Lipinski definition) is 6. The number of ether oxygens (including phenoxy) is 1. The van der Waals surface area contributed by atoms with E-state index in [-0.39, 0.29) is 0 Å². The second-order valence-corrected chi connectivity index (χ2v) is 21.4. The molecule has 0 fully saturated rings. The van der Waals surface area contributed by atoms with Gasteiger partial charge in [-0.25, -0.2) is 0 Å². The van der Waals surface area contributed by atoms with Gasteiger partial charge in [-0.15, -0.1) is 0 Å². The number of nitrogens with zero attached hydrogens (tertiary/aromatic N) is 9. The standard InChI is InChI=1S/C72H39N9O/c73-37-42-21-27-65-54(31-42)51-14-4-9-19-63(51)80(65)46-33-58-70(76-39-46)71-59(34-47(40-77-71)81-64-20-10-5-15-52(64)55-32-43(38-74)22-28-66(55)81)72(58)56-25-23-44(78-60-16-6-1-11-48(60)49-12-2-7-17-61(49)78)35-68(56)82-69-36-45(24-26-57(69)72)79-62-18-8-3-13-50(62)53-29-30-75-41-67(53)79/h1-36,39-41H. The Bertz CT molecular complexity index is 5170. The van der Waals surface area contributed by atoms with Crippen LogP contribution < -0.4 is 4.74 Å². The molecule has 0 saturated heterocycles. The zero-order chi connectivity index (χ0) is 53.9. The van der Waals surface area contributed by atoms with Crippen LogP contribution in [0.1, 0.15) is 33.4 Å². The number of benzene rings is 9. The average molecular weight is 1050 g/mol. The molecule has 1 aliphatic heterocycles. The summed E-state index contributed by atoms with van der Waals surface area (Å²) in [6, 6.07) is 79.1. The lowest BCUT2D eigenvalue weighted by Crippen LogP contribution is -2.32. The topological polar surface area (TPSA) is 115 Å². The van der Waals surface area contributed by atoms with Crippen molar-refractivity contribution in [3.8, 4) is 57.8 Å². The summed E-state index contributed by atoms with van der Waals surface area (Å²) in [5, 5.41) is 28.9. The van der Waals surface area contributed by atoms with Crippen LogP contribution in [0, 0.1) is 22.7 Å². The lowest BCUT2D eigenvalue weighted by Gasteiger charge is -2.39. The fourth-order valence-electron chi connectivity index (χ4n) is 14.1. The molecular weight excluding hydrogens is 1010 g/mol. The molecule has 378 valence electrons. The van der Waals surface area contributed by atoms with E-state index in [2.05, 4.69) is 199 Å². The molecule has 1 aliphatic carbocycles. The maximum absolute atomic E-state index is 10.1. The fraction of sp³-hybridized carbons (Fsp3) is 0.0139. The Morgan fingerprint density at radius 2 is 0.707 bits per heavy atom. The minimum atomic E-state index is -1.07.